The summed E-state index contributed by atoms with van der Waals surface area (Å²) in [6.45, 7) is 5.09. The molecule has 1 fully saturated rings. The predicted molar refractivity (Wildman–Crippen MR) is 78.5 cm³/mol. The molecule has 0 bridgehead atoms. The number of likely N-dealkylation sites (tertiary alicyclic amines) is 1. The zero-order chi connectivity index (χ0) is 14.8. The number of nitrogens with one attached hydrogen (secondary N) is 1. The summed E-state index contributed by atoms with van der Waals surface area (Å²) in [4.78, 5) is 30.4. The van der Waals surface area contributed by atoms with Crippen molar-refractivity contribution in [2.24, 2.45) is 5.41 Å². The maximum atomic E-state index is 12.3. The number of piperidine rings is 1. The van der Waals surface area contributed by atoms with Crippen molar-refractivity contribution in [1.29, 1.82) is 0 Å². The van der Waals surface area contributed by atoms with Crippen molar-refractivity contribution < 1.29 is 9.59 Å². The molecule has 1 aliphatic rings. The first-order chi connectivity index (χ1) is 9.44. The van der Waals surface area contributed by atoms with Crippen LogP contribution < -0.4 is 5.32 Å². The maximum Gasteiger partial charge on any atom is 0.228 e. The Labute approximate surface area is 123 Å². The number of hydrogen-bond donors (Lipinski definition) is 1. The molecule has 0 saturated carbocycles. The normalized spacial score (nSPS) is 22.6. The lowest BCUT2D eigenvalue weighted by atomic mass is 9.81. The number of amides is 2. The van der Waals surface area contributed by atoms with E-state index in [2.05, 4.69) is 10.3 Å². The number of nitrogens with zero attached hydrogens (tertiary/aromatic N) is 2. The highest BCUT2D eigenvalue weighted by atomic mass is 32.1. The Morgan fingerprint density at radius 2 is 2.30 bits per heavy atom. The van der Waals surface area contributed by atoms with Crippen LogP contribution in [0.5, 0.6) is 0 Å². The summed E-state index contributed by atoms with van der Waals surface area (Å²) in [5, 5.41) is 5.60. The molecule has 2 rings (SSSR count). The summed E-state index contributed by atoms with van der Waals surface area (Å²) >= 11 is 1.56. The molecule has 20 heavy (non-hydrogen) atoms. The van der Waals surface area contributed by atoms with Crippen molar-refractivity contribution in [3.63, 3.8) is 0 Å². The fourth-order valence-corrected chi connectivity index (χ4v) is 3.31. The highest BCUT2D eigenvalue weighted by molar-refractivity contribution is 7.09. The minimum Gasteiger partial charge on any atom is -0.359 e. The largest absolute Gasteiger partial charge is 0.359 e. The van der Waals surface area contributed by atoms with E-state index in [1.807, 2.05) is 19.2 Å². The van der Waals surface area contributed by atoms with Crippen LogP contribution in [-0.4, -0.2) is 41.8 Å². The van der Waals surface area contributed by atoms with Crippen LogP contribution in [0, 0.1) is 12.3 Å². The van der Waals surface area contributed by atoms with Gasteiger partial charge >= 0.3 is 0 Å². The Morgan fingerprint density at radius 1 is 1.55 bits per heavy atom. The van der Waals surface area contributed by atoms with Gasteiger partial charge in [-0.25, -0.2) is 4.98 Å². The molecule has 6 heteroatoms. The zero-order valence-corrected chi connectivity index (χ0v) is 13.0. The van der Waals surface area contributed by atoms with Gasteiger partial charge < -0.3 is 10.2 Å². The number of aromatic nitrogens is 1. The van der Waals surface area contributed by atoms with E-state index in [0.29, 0.717) is 13.0 Å². The second-order valence-electron chi connectivity index (χ2n) is 5.59. The third kappa shape index (κ3) is 3.17. The highest BCUT2D eigenvalue weighted by Crippen LogP contribution is 2.30. The average molecular weight is 295 g/mol. The van der Waals surface area contributed by atoms with Crippen LogP contribution in [-0.2, 0) is 16.0 Å². The molecule has 1 atom stereocenters. The number of carbonyl (C=O) groups is 2. The quantitative estimate of drug-likeness (QED) is 0.916. The fourth-order valence-electron chi connectivity index (χ4n) is 2.70. The number of thiazole rings is 1. The molecule has 0 radical (unpaired) electrons. The molecule has 1 aromatic rings. The minimum absolute atomic E-state index is 0.0134. The third-order valence-corrected chi connectivity index (χ3v) is 4.65. The zero-order valence-electron chi connectivity index (χ0n) is 12.2. The molecule has 1 N–H and O–H groups in total. The second kappa shape index (κ2) is 5.91. The van der Waals surface area contributed by atoms with Gasteiger partial charge in [0.15, 0.2) is 0 Å². The van der Waals surface area contributed by atoms with E-state index in [1.165, 1.54) is 0 Å². The Kier molecular flexibility index (Phi) is 4.42. The van der Waals surface area contributed by atoms with Gasteiger partial charge in [0.1, 0.15) is 0 Å². The smallest absolute Gasteiger partial charge is 0.228 e. The van der Waals surface area contributed by atoms with Crippen LogP contribution in [0.3, 0.4) is 0 Å². The molecule has 2 amide bonds. The number of hydrogen-bond acceptors (Lipinski definition) is 4. The summed E-state index contributed by atoms with van der Waals surface area (Å²) < 4.78 is 0. The SMILES string of the molecule is CNC(=O)[C@@]1(C)CCCN(C(=O)Cc2csc(C)n2)C1. The summed E-state index contributed by atoms with van der Waals surface area (Å²) in [7, 11) is 1.65. The van der Waals surface area contributed by atoms with Crippen molar-refractivity contribution in [2.45, 2.75) is 33.1 Å². The van der Waals surface area contributed by atoms with E-state index >= 15 is 0 Å². The van der Waals surface area contributed by atoms with Crippen molar-refractivity contribution in [3.8, 4) is 0 Å². The van der Waals surface area contributed by atoms with Crippen LogP contribution in [0.1, 0.15) is 30.5 Å². The van der Waals surface area contributed by atoms with Crippen LogP contribution in [0.2, 0.25) is 0 Å². The minimum atomic E-state index is -0.472. The lowest BCUT2D eigenvalue weighted by molar-refractivity contribution is -0.139. The van der Waals surface area contributed by atoms with Crippen molar-refractivity contribution >= 4 is 23.2 Å². The molecule has 110 valence electrons. The molecule has 1 saturated heterocycles. The summed E-state index contributed by atoms with van der Waals surface area (Å²) in [6, 6.07) is 0. The molecule has 2 heterocycles. The third-order valence-electron chi connectivity index (χ3n) is 3.82. The van der Waals surface area contributed by atoms with E-state index in [9.17, 15) is 9.59 Å². The predicted octanol–water partition coefficient (Wildman–Crippen LogP) is 1.37. The van der Waals surface area contributed by atoms with Gasteiger partial charge in [-0.3, -0.25) is 9.59 Å². The first kappa shape index (κ1) is 15.0. The average Bonchev–Trinajstić information content (AvgIpc) is 2.83. The molecule has 0 aliphatic carbocycles. The van der Waals surface area contributed by atoms with Crippen LogP contribution in [0.25, 0.3) is 0 Å². The summed E-state index contributed by atoms with van der Waals surface area (Å²) in [5.74, 6) is 0.0737. The highest BCUT2D eigenvalue weighted by Gasteiger charge is 2.38. The first-order valence-electron chi connectivity index (χ1n) is 6.85. The number of rotatable bonds is 3. The van der Waals surface area contributed by atoms with Gasteiger partial charge in [0.05, 0.1) is 22.5 Å². The van der Waals surface area contributed by atoms with Gasteiger partial charge in [0, 0.05) is 25.5 Å². The van der Waals surface area contributed by atoms with Crippen LogP contribution >= 0.6 is 11.3 Å². The first-order valence-corrected chi connectivity index (χ1v) is 7.73. The van der Waals surface area contributed by atoms with Gasteiger partial charge in [-0.1, -0.05) is 0 Å². The molecule has 0 spiro atoms. The van der Waals surface area contributed by atoms with E-state index in [0.717, 1.165) is 30.1 Å². The molecule has 1 aliphatic heterocycles. The van der Waals surface area contributed by atoms with Gasteiger partial charge in [-0.15, -0.1) is 11.3 Å². The number of aryl methyl sites for hydroxylation is 1. The summed E-state index contributed by atoms with van der Waals surface area (Å²) in [6.07, 6.45) is 2.02. The Morgan fingerprint density at radius 3 is 2.90 bits per heavy atom. The molecular formula is C14H21N3O2S. The van der Waals surface area contributed by atoms with Crippen molar-refractivity contribution in [1.82, 2.24) is 15.2 Å². The maximum absolute atomic E-state index is 12.3. The van der Waals surface area contributed by atoms with E-state index < -0.39 is 5.41 Å². The van der Waals surface area contributed by atoms with Crippen LogP contribution in [0.4, 0.5) is 0 Å². The molecule has 5 nitrogen and oxygen atoms in total. The van der Waals surface area contributed by atoms with E-state index in [-0.39, 0.29) is 11.8 Å². The van der Waals surface area contributed by atoms with Crippen molar-refractivity contribution in [3.05, 3.63) is 16.1 Å². The summed E-state index contributed by atoms with van der Waals surface area (Å²) in [5.41, 5.74) is 0.352. The Balaban J connectivity index is 2.01. The van der Waals surface area contributed by atoms with Gasteiger partial charge in [0.25, 0.3) is 0 Å². The van der Waals surface area contributed by atoms with Gasteiger partial charge in [-0.2, -0.15) is 0 Å². The topological polar surface area (TPSA) is 62.3 Å². The fraction of sp³-hybridized carbons (Fsp3) is 0.643. The molecular weight excluding hydrogens is 274 g/mol. The van der Waals surface area contributed by atoms with Crippen molar-refractivity contribution in [2.75, 3.05) is 20.1 Å². The molecule has 0 aromatic carbocycles. The lowest BCUT2D eigenvalue weighted by Crippen LogP contribution is -2.51. The van der Waals surface area contributed by atoms with Gasteiger partial charge in [-0.05, 0) is 26.7 Å². The van der Waals surface area contributed by atoms with E-state index in [1.54, 1.807) is 23.3 Å². The Hall–Kier alpha value is -1.43. The number of carbonyl (C=O) groups excluding carboxylic acids is 2. The van der Waals surface area contributed by atoms with E-state index in [4.69, 9.17) is 0 Å². The Bertz CT molecular complexity index is 514. The van der Waals surface area contributed by atoms with Crippen LogP contribution in [0.15, 0.2) is 5.38 Å². The molecule has 0 unspecified atom stereocenters. The monoisotopic (exact) mass is 295 g/mol. The van der Waals surface area contributed by atoms with Gasteiger partial charge in [0.2, 0.25) is 11.8 Å². The lowest BCUT2D eigenvalue weighted by Gasteiger charge is -2.39. The standard InChI is InChI=1S/C14H21N3O2S/c1-10-16-11(8-20-10)7-12(18)17-6-4-5-14(2,9-17)13(19)15-3/h8H,4-7,9H2,1-3H3,(H,15,19)/t14-/m0/s1. The molecule has 1 aromatic heterocycles. The second-order valence-corrected chi connectivity index (χ2v) is 6.66.